The third-order valence-electron chi connectivity index (χ3n) is 11.0. The first kappa shape index (κ1) is 26.5. The molecule has 1 atom stereocenters. The Bertz CT molecular complexity index is 2610. The summed E-state index contributed by atoms with van der Waals surface area (Å²) in [4.78, 5) is 0. The summed E-state index contributed by atoms with van der Waals surface area (Å²) in [6, 6.07) is 56.8. The van der Waals surface area contributed by atoms with Crippen LogP contribution in [0.4, 0.5) is 0 Å². The van der Waals surface area contributed by atoms with Crippen LogP contribution in [0.25, 0.3) is 50.2 Å². The molecule has 3 aliphatic carbocycles. The second kappa shape index (κ2) is 9.89. The van der Waals surface area contributed by atoms with E-state index in [4.69, 9.17) is 0 Å². The van der Waals surface area contributed by atoms with Crippen LogP contribution in [0.5, 0.6) is 0 Å². The molecular weight excluding hydrogens is 565 g/mol. The highest BCUT2D eigenvalue weighted by Gasteiger charge is 2.49. The summed E-state index contributed by atoms with van der Waals surface area (Å²) in [5.41, 5.74) is 17.1. The van der Waals surface area contributed by atoms with Gasteiger partial charge in [0, 0.05) is 0 Å². The van der Waals surface area contributed by atoms with Crippen molar-refractivity contribution in [2.45, 2.75) is 18.8 Å². The van der Waals surface area contributed by atoms with Gasteiger partial charge in [-0.1, -0.05) is 158 Å². The molecule has 0 fully saturated rings. The molecule has 0 N–H and O–H groups in total. The van der Waals surface area contributed by atoms with Gasteiger partial charge in [-0.05, 0) is 113 Å². The first-order valence-electron chi connectivity index (χ1n) is 16.7. The predicted octanol–water partition coefficient (Wildman–Crippen LogP) is 9.82. The molecular formula is C47H32. The molecule has 0 heteroatoms. The predicted molar refractivity (Wildman–Crippen MR) is 197 cm³/mol. The van der Waals surface area contributed by atoms with Gasteiger partial charge < -0.3 is 0 Å². The highest BCUT2D eigenvalue weighted by Crippen LogP contribution is 2.61. The molecule has 0 nitrogen and oxygen atoms in total. The summed E-state index contributed by atoms with van der Waals surface area (Å²) in [6.07, 6.45) is 5.53. The van der Waals surface area contributed by atoms with Gasteiger partial charge >= 0.3 is 0 Å². The van der Waals surface area contributed by atoms with Gasteiger partial charge in [0.15, 0.2) is 0 Å². The minimum atomic E-state index is -0.378. The molecule has 47 heavy (non-hydrogen) atoms. The van der Waals surface area contributed by atoms with E-state index in [1.807, 2.05) is 0 Å². The van der Waals surface area contributed by atoms with Crippen LogP contribution in [0.1, 0.15) is 45.9 Å². The van der Waals surface area contributed by atoms with Gasteiger partial charge in [-0.3, -0.25) is 0 Å². The maximum absolute atomic E-state index is 2.47. The van der Waals surface area contributed by atoms with Crippen molar-refractivity contribution in [2.75, 3.05) is 0 Å². The van der Waals surface area contributed by atoms with Crippen molar-refractivity contribution in [3.63, 3.8) is 0 Å². The zero-order valence-electron chi connectivity index (χ0n) is 26.3. The van der Waals surface area contributed by atoms with Crippen LogP contribution >= 0.6 is 0 Å². The van der Waals surface area contributed by atoms with E-state index in [0.717, 1.165) is 6.42 Å². The Hall–Kier alpha value is -5.72. The second-order valence-corrected chi connectivity index (χ2v) is 13.2. The number of rotatable bonds is 1. The van der Waals surface area contributed by atoms with Gasteiger partial charge in [0.05, 0.1) is 5.41 Å². The highest BCUT2D eigenvalue weighted by atomic mass is 14.5. The zero-order valence-corrected chi connectivity index (χ0v) is 26.3. The lowest BCUT2D eigenvalue weighted by Gasteiger charge is -2.40. The van der Waals surface area contributed by atoms with Crippen molar-refractivity contribution < 1.29 is 0 Å². The van der Waals surface area contributed by atoms with E-state index in [2.05, 4.69) is 171 Å². The zero-order chi connectivity index (χ0) is 31.1. The maximum atomic E-state index is 2.47. The number of benzene rings is 7. The molecule has 7 aromatic rings. The molecule has 1 spiro atoms. The lowest BCUT2D eigenvalue weighted by Crippen LogP contribution is -2.31. The van der Waals surface area contributed by atoms with Gasteiger partial charge in [0.25, 0.3) is 0 Å². The number of hydrogen-bond acceptors (Lipinski definition) is 0. The molecule has 0 bridgehead atoms. The Morgan fingerprint density at radius 1 is 0.511 bits per heavy atom. The lowest BCUT2D eigenvalue weighted by atomic mass is 9.61. The van der Waals surface area contributed by atoms with Gasteiger partial charge in [-0.15, -0.1) is 0 Å². The fourth-order valence-electron chi connectivity index (χ4n) is 8.91. The van der Waals surface area contributed by atoms with Crippen LogP contribution in [0.2, 0.25) is 0 Å². The highest BCUT2D eigenvalue weighted by molar-refractivity contribution is 6.07. The standard InChI is InChI=1S/C47H32/c1-30(36-16-4-5-17-37(36)35-25-24-31-12-2-3-13-34(31)28-35)33-26-27-44-41(29-33)39-19-7-9-22-43(39)47(44)42-21-8-6-18-38(42)40-20-10-14-32-15-11-23-45(47)46(32)40/h2-27,29H,28H2,1H3/b36-30+,37-35-. The Morgan fingerprint density at radius 2 is 1.15 bits per heavy atom. The van der Waals surface area contributed by atoms with Crippen molar-refractivity contribution >= 4 is 28.0 Å². The normalized spacial score (nSPS) is 18.4. The maximum Gasteiger partial charge on any atom is 0.0725 e. The number of fused-ring (bicyclic) bond motifs is 10. The average Bonchev–Trinajstić information content (AvgIpc) is 3.43. The van der Waals surface area contributed by atoms with Gasteiger partial charge in [0.2, 0.25) is 0 Å². The van der Waals surface area contributed by atoms with E-state index < -0.39 is 0 Å². The topological polar surface area (TPSA) is 0 Å². The van der Waals surface area contributed by atoms with Crippen LogP contribution in [0, 0.1) is 0 Å². The Kier molecular flexibility index (Phi) is 5.57. The van der Waals surface area contributed by atoms with Crippen molar-refractivity contribution in [2.24, 2.45) is 0 Å². The number of hydrogen-bond donors (Lipinski definition) is 0. The number of allylic oxidation sites excluding steroid dienone is 1. The summed E-state index contributed by atoms with van der Waals surface area (Å²) < 4.78 is 0. The van der Waals surface area contributed by atoms with Gasteiger partial charge in [-0.25, -0.2) is 0 Å². The Morgan fingerprint density at radius 3 is 2.00 bits per heavy atom. The summed E-state index contributed by atoms with van der Waals surface area (Å²) in [5, 5.41) is 5.29. The lowest BCUT2D eigenvalue weighted by molar-refractivity contribution is 0.773. The van der Waals surface area contributed by atoms with Crippen molar-refractivity contribution in [1.29, 1.82) is 0 Å². The summed E-state index contributed by atoms with van der Waals surface area (Å²) in [7, 11) is 0. The van der Waals surface area contributed by atoms with E-state index >= 15 is 0 Å². The molecule has 7 aromatic carbocycles. The van der Waals surface area contributed by atoms with E-state index in [0.29, 0.717) is 0 Å². The molecule has 0 aromatic heterocycles. The van der Waals surface area contributed by atoms with E-state index in [1.54, 1.807) is 0 Å². The van der Waals surface area contributed by atoms with Crippen LogP contribution in [0.3, 0.4) is 0 Å². The molecule has 0 radical (unpaired) electrons. The minimum Gasteiger partial charge on any atom is -0.0619 e. The fraction of sp³-hybridized carbons (Fsp3) is 0.0638. The largest absolute Gasteiger partial charge is 0.0725 e. The molecule has 1 unspecified atom stereocenters. The van der Waals surface area contributed by atoms with Crippen molar-refractivity contribution in [3.05, 3.63) is 207 Å². The van der Waals surface area contributed by atoms with Crippen LogP contribution in [0.15, 0.2) is 158 Å². The summed E-state index contributed by atoms with van der Waals surface area (Å²) in [6.45, 7) is 2.30. The Labute approximate surface area is 275 Å². The molecule has 220 valence electrons. The fourth-order valence-corrected chi connectivity index (χ4v) is 8.91. The minimum absolute atomic E-state index is 0.378. The van der Waals surface area contributed by atoms with Crippen molar-refractivity contribution in [3.8, 4) is 22.3 Å². The first-order valence-corrected chi connectivity index (χ1v) is 16.7. The molecule has 0 saturated heterocycles. The second-order valence-electron chi connectivity index (χ2n) is 13.2. The van der Waals surface area contributed by atoms with E-state index in [-0.39, 0.29) is 5.41 Å². The summed E-state index contributed by atoms with van der Waals surface area (Å²) in [5.74, 6) is 0. The third-order valence-corrected chi connectivity index (χ3v) is 11.0. The SMILES string of the molecule is C/C(c1ccc2c(c1)-c1ccccc1C21c2ccccc2-c2cccc3cccc1c23)=c1/cccc/c1=C1\C=Cc2ccccc2C1. The smallest absolute Gasteiger partial charge is 0.0619 e. The quantitative estimate of drug-likeness (QED) is 0.177. The van der Waals surface area contributed by atoms with Crippen LogP contribution in [-0.2, 0) is 11.8 Å². The van der Waals surface area contributed by atoms with Gasteiger partial charge in [0.1, 0.15) is 0 Å². The molecule has 0 amide bonds. The van der Waals surface area contributed by atoms with Crippen molar-refractivity contribution in [1.82, 2.24) is 0 Å². The van der Waals surface area contributed by atoms with E-state index in [1.165, 1.54) is 93.6 Å². The van der Waals surface area contributed by atoms with E-state index in [9.17, 15) is 0 Å². The molecule has 0 heterocycles. The molecule has 10 rings (SSSR count). The monoisotopic (exact) mass is 596 g/mol. The van der Waals surface area contributed by atoms with Gasteiger partial charge in [-0.2, -0.15) is 0 Å². The molecule has 3 aliphatic rings. The molecule has 0 aliphatic heterocycles. The first-order chi connectivity index (χ1) is 23.2. The Balaban J connectivity index is 1.25. The third kappa shape index (κ3) is 3.59. The molecule has 0 saturated carbocycles. The van der Waals surface area contributed by atoms with Crippen LogP contribution in [-0.4, -0.2) is 0 Å². The van der Waals surface area contributed by atoms with Crippen LogP contribution < -0.4 is 10.4 Å². The average molecular weight is 597 g/mol. The summed E-state index contributed by atoms with van der Waals surface area (Å²) >= 11 is 0.